The van der Waals surface area contributed by atoms with Gasteiger partial charge in [-0.1, -0.05) is 18.3 Å². The lowest BCUT2D eigenvalue weighted by Crippen LogP contribution is -2.59. The highest BCUT2D eigenvalue weighted by Crippen LogP contribution is 2.18. The molecule has 1 unspecified atom stereocenters. The fraction of sp³-hybridized carbons (Fsp3) is 0.545. The Morgan fingerprint density at radius 2 is 2.21 bits per heavy atom. The van der Waals surface area contributed by atoms with Crippen LogP contribution in [0.2, 0.25) is 0 Å². The van der Waals surface area contributed by atoms with E-state index < -0.39 is 17.9 Å². The number of rotatable bonds is 3. The Bertz CT molecular complexity index is 528. The normalized spacial score (nSPS) is 19.5. The van der Waals surface area contributed by atoms with Gasteiger partial charge in [-0.3, -0.25) is 19.7 Å². The molecule has 8 heteroatoms. The first kappa shape index (κ1) is 13.6. The maximum absolute atomic E-state index is 12.4. The molecule has 0 radical (unpaired) electrons. The second-order valence-electron chi connectivity index (χ2n) is 4.17. The summed E-state index contributed by atoms with van der Waals surface area (Å²) < 4.78 is 3.76. The molecule has 0 aromatic carbocycles. The van der Waals surface area contributed by atoms with Gasteiger partial charge in [0.1, 0.15) is 17.5 Å². The van der Waals surface area contributed by atoms with Crippen molar-refractivity contribution >= 4 is 29.3 Å². The van der Waals surface area contributed by atoms with Crippen molar-refractivity contribution in [2.45, 2.75) is 32.7 Å². The highest BCUT2D eigenvalue weighted by atomic mass is 32.1. The Hall–Kier alpha value is -1.83. The lowest BCUT2D eigenvalue weighted by Gasteiger charge is -2.33. The Kier molecular flexibility index (Phi) is 3.89. The molecule has 2 heterocycles. The molecule has 1 aliphatic heterocycles. The first-order valence-corrected chi connectivity index (χ1v) is 6.81. The van der Waals surface area contributed by atoms with Crippen molar-refractivity contribution in [3.05, 3.63) is 10.6 Å². The smallest absolute Gasteiger partial charge is 0.268 e. The van der Waals surface area contributed by atoms with E-state index in [4.69, 9.17) is 0 Å². The monoisotopic (exact) mass is 282 g/mol. The first-order valence-electron chi connectivity index (χ1n) is 6.04. The van der Waals surface area contributed by atoms with Crippen molar-refractivity contribution in [1.29, 1.82) is 0 Å². The van der Waals surface area contributed by atoms with Crippen molar-refractivity contribution in [2.75, 3.05) is 6.54 Å². The third-order valence-corrected chi connectivity index (χ3v) is 3.74. The quantitative estimate of drug-likeness (QED) is 0.786. The van der Waals surface area contributed by atoms with Crippen molar-refractivity contribution < 1.29 is 14.4 Å². The van der Waals surface area contributed by atoms with E-state index in [-0.39, 0.29) is 12.5 Å². The molecule has 0 spiro atoms. The largest absolute Gasteiger partial charge is 0.316 e. The number of nitrogens with zero attached hydrogens (tertiary/aromatic N) is 3. The highest BCUT2D eigenvalue weighted by molar-refractivity contribution is 7.08. The maximum atomic E-state index is 12.4. The van der Waals surface area contributed by atoms with E-state index in [0.717, 1.165) is 11.5 Å². The van der Waals surface area contributed by atoms with Crippen LogP contribution >= 0.6 is 11.5 Å². The van der Waals surface area contributed by atoms with Gasteiger partial charge in [0, 0.05) is 0 Å². The van der Waals surface area contributed by atoms with Crippen LogP contribution in [0.3, 0.4) is 0 Å². The molecular formula is C11H14N4O3S. The lowest BCUT2D eigenvalue weighted by molar-refractivity contribution is -0.138. The first-order chi connectivity index (χ1) is 9.08. The average Bonchev–Trinajstić information content (AvgIpc) is 2.85. The molecule has 3 amide bonds. The summed E-state index contributed by atoms with van der Waals surface area (Å²) in [5.41, 5.74) is 0.600. The molecule has 0 bridgehead atoms. The van der Waals surface area contributed by atoms with Crippen LogP contribution in [0.4, 0.5) is 0 Å². The molecule has 0 saturated carbocycles. The number of amides is 3. The van der Waals surface area contributed by atoms with Gasteiger partial charge >= 0.3 is 0 Å². The number of hydrogen-bond acceptors (Lipinski definition) is 6. The van der Waals surface area contributed by atoms with E-state index in [1.807, 2.05) is 6.92 Å². The predicted molar refractivity (Wildman–Crippen MR) is 67.6 cm³/mol. The van der Waals surface area contributed by atoms with Gasteiger partial charge in [0.25, 0.3) is 5.91 Å². The SMILES string of the molecule is CCc1nnsc1C(=O)N1CC(=O)NC(=O)C1CC. The number of piperazine rings is 1. The second-order valence-corrected chi connectivity index (χ2v) is 4.93. The molecule has 7 nitrogen and oxygen atoms in total. The average molecular weight is 282 g/mol. The number of carbonyl (C=O) groups excluding carboxylic acids is 3. The molecule has 102 valence electrons. The number of imide groups is 1. The van der Waals surface area contributed by atoms with E-state index in [9.17, 15) is 14.4 Å². The van der Waals surface area contributed by atoms with Crippen LogP contribution < -0.4 is 5.32 Å². The maximum Gasteiger partial charge on any atom is 0.268 e. The summed E-state index contributed by atoms with van der Waals surface area (Å²) in [6.45, 7) is 3.56. The molecule has 1 N–H and O–H groups in total. The summed E-state index contributed by atoms with van der Waals surface area (Å²) in [6, 6.07) is -0.614. The zero-order valence-corrected chi connectivity index (χ0v) is 11.5. The zero-order chi connectivity index (χ0) is 14.0. The highest BCUT2D eigenvalue weighted by Gasteiger charge is 2.37. The third-order valence-electron chi connectivity index (χ3n) is 2.99. The number of aromatic nitrogens is 2. The molecule has 1 aromatic heterocycles. The molecule has 2 rings (SSSR count). The van der Waals surface area contributed by atoms with E-state index in [0.29, 0.717) is 23.4 Å². The van der Waals surface area contributed by atoms with Crippen molar-refractivity contribution in [1.82, 2.24) is 19.8 Å². The predicted octanol–water partition coefficient (Wildman–Crippen LogP) is -0.0223. The summed E-state index contributed by atoms with van der Waals surface area (Å²) in [5, 5.41) is 6.11. The summed E-state index contributed by atoms with van der Waals surface area (Å²) in [7, 11) is 0. The Balaban J connectivity index is 2.30. The van der Waals surface area contributed by atoms with Crippen LogP contribution in [-0.4, -0.2) is 44.8 Å². The van der Waals surface area contributed by atoms with Gasteiger partial charge in [-0.05, 0) is 24.4 Å². The second kappa shape index (κ2) is 5.43. The minimum Gasteiger partial charge on any atom is -0.316 e. The van der Waals surface area contributed by atoms with Crippen LogP contribution in [0.1, 0.15) is 35.6 Å². The number of carbonyl (C=O) groups is 3. The van der Waals surface area contributed by atoms with Crippen molar-refractivity contribution in [3.63, 3.8) is 0 Å². The molecule has 1 fully saturated rings. The zero-order valence-electron chi connectivity index (χ0n) is 10.7. The molecule has 0 aliphatic carbocycles. The molecular weight excluding hydrogens is 268 g/mol. The van der Waals surface area contributed by atoms with Gasteiger partial charge in [0.05, 0.1) is 5.69 Å². The summed E-state index contributed by atoms with van der Waals surface area (Å²) >= 11 is 0.996. The van der Waals surface area contributed by atoms with Gasteiger partial charge in [0.2, 0.25) is 11.8 Å². The Labute approximate surface area is 114 Å². The fourth-order valence-electron chi connectivity index (χ4n) is 2.02. The fourth-order valence-corrected chi connectivity index (χ4v) is 2.73. The minimum absolute atomic E-state index is 0.107. The Morgan fingerprint density at radius 1 is 1.47 bits per heavy atom. The molecule has 19 heavy (non-hydrogen) atoms. The van der Waals surface area contributed by atoms with Gasteiger partial charge in [0.15, 0.2) is 0 Å². The summed E-state index contributed by atoms with van der Waals surface area (Å²) in [4.78, 5) is 37.3. The third kappa shape index (κ3) is 2.48. The van der Waals surface area contributed by atoms with E-state index in [1.165, 1.54) is 4.90 Å². The molecule has 1 saturated heterocycles. The number of nitrogens with one attached hydrogen (secondary N) is 1. The lowest BCUT2D eigenvalue weighted by atomic mass is 10.1. The minimum atomic E-state index is -0.614. The topological polar surface area (TPSA) is 92.3 Å². The van der Waals surface area contributed by atoms with Crippen LogP contribution in [0, 0.1) is 0 Å². The number of hydrogen-bond donors (Lipinski definition) is 1. The van der Waals surface area contributed by atoms with Crippen LogP contribution in [0.5, 0.6) is 0 Å². The number of aryl methyl sites for hydroxylation is 1. The molecule has 1 atom stereocenters. The molecule has 1 aromatic rings. The van der Waals surface area contributed by atoms with Crippen LogP contribution in [0.15, 0.2) is 0 Å². The van der Waals surface area contributed by atoms with Crippen molar-refractivity contribution in [2.24, 2.45) is 0 Å². The molecule has 1 aliphatic rings. The Morgan fingerprint density at radius 3 is 2.84 bits per heavy atom. The summed E-state index contributed by atoms with van der Waals surface area (Å²) in [6.07, 6.45) is 1.04. The van der Waals surface area contributed by atoms with Crippen molar-refractivity contribution in [3.8, 4) is 0 Å². The van der Waals surface area contributed by atoms with E-state index in [2.05, 4.69) is 14.9 Å². The van der Waals surface area contributed by atoms with Gasteiger partial charge in [-0.15, -0.1) is 5.10 Å². The van der Waals surface area contributed by atoms with Crippen LogP contribution in [0.25, 0.3) is 0 Å². The standard InChI is InChI=1S/C11H14N4O3S/c1-3-6-9(19-14-13-6)11(18)15-5-8(16)12-10(17)7(15)4-2/h7H,3-5H2,1-2H3,(H,12,16,17). The summed E-state index contributed by atoms with van der Waals surface area (Å²) in [5.74, 6) is -1.23. The van der Waals surface area contributed by atoms with Gasteiger partial charge < -0.3 is 4.90 Å². The van der Waals surface area contributed by atoms with E-state index in [1.54, 1.807) is 6.92 Å². The van der Waals surface area contributed by atoms with E-state index >= 15 is 0 Å². The van der Waals surface area contributed by atoms with Gasteiger partial charge in [-0.2, -0.15) is 0 Å². The van der Waals surface area contributed by atoms with Gasteiger partial charge in [-0.25, -0.2) is 0 Å². The van der Waals surface area contributed by atoms with Crippen LogP contribution in [-0.2, 0) is 16.0 Å².